The zero-order chi connectivity index (χ0) is 11.8. The normalized spacial score (nSPS) is 10.8. The van der Waals surface area contributed by atoms with Crippen LogP contribution in [0.2, 0.25) is 0 Å². The second-order valence-electron chi connectivity index (χ2n) is 2.80. The first-order chi connectivity index (χ1) is 6.21. The van der Waals surface area contributed by atoms with Crippen LogP contribution in [0.5, 0.6) is 0 Å². The summed E-state index contributed by atoms with van der Waals surface area (Å²) in [5, 5.41) is 8.78. The van der Waals surface area contributed by atoms with Crippen LogP contribution in [0.4, 0.5) is 13.2 Å². The molecule has 0 aromatic heterocycles. The Morgan fingerprint density at radius 3 is 1.86 bits per heavy atom. The number of halogens is 3. The first-order valence-electron chi connectivity index (χ1n) is 3.94. The number of rotatable bonds is 3. The third kappa shape index (κ3) is 13.7. The topological polar surface area (TPSA) is 71.0 Å². The monoisotopic (exact) mass is 216 g/mol. The smallest absolute Gasteiger partial charge is 0.430 e. The van der Waals surface area contributed by atoms with E-state index in [1.165, 1.54) is 13.0 Å². The maximum absolute atomic E-state index is 10.5. The van der Waals surface area contributed by atoms with Crippen molar-refractivity contribution >= 4 is 5.97 Å². The summed E-state index contributed by atoms with van der Waals surface area (Å²) in [7, 11) is 4.16. The molecular weight excluding hydrogens is 201 g/mol. The number of carboxylic acid groups (broad SMARTS) is 1. The number of carbonyl (C=O) groups excluding carboxylic acids is 1. The lowest BCUT2D eigenvalue weighted by Gasteiger charge is -2.04. The molecule has 0 aliphatic heterocycles. The van der Waals surface area contributed by atoms with Crippen molar-refractivity contribution in [3.05, 3.63) is 0 Å². The molecule has 0 amide bonds. The van der Waals surface area contributed by atoms with Gasteiger partial charge in [0.2, 0.25) is 0 Å². The Hall–Kier alpha value is -0.820. The minimum atomic E-state index is -5.19. The van der Waals surface area contributed by atoms with Gasteiger partial charge in [0.15, 0.2) is 0 Å². The molecule has 0 aromatic rings. The predicted molar refractivity (Wildman–Crippen MR) is 42.0 cm³/mol. The van der Waals surface area contributed by atoms with Crippen molar-refractivity contribution in [1.29, 1.82) is 0 Å². The molecule has 7 heteroatoms. The fourth-order valence-electron chi connectivity index (χ4n) is 0.428. The number of carbonyl (C=O) groups is 1. The summed E-state index contributed by atoms with van der Waals surface area (Å²) < 4.78 is 31.5. The average molecular weight is 216 g/mol. The van der Waals surface area contributed by atoms with E-state index in [-0.39, 0.29) is 0 Å². The predicted octanol–water partition coefficient (Wildman–Crippen LogP) is -1.52. The first-order valence-corrected chi connectivity index (χ1v) is 3.94. The molecule has 86 valence electrons. The van der Waals surface area contributed by atoms with Crippen LogP contribution in [-0.2, 0) is 4.79 Å². The maximum Gasteiger partial charge on any atom is 0.430 e. The summed E-state index contributed by atoms with van der Waals surface area (Å²) >= 11 is 0. The Balaban J connectivity index is 0. The van der Waals surface area contributed by atoms with E-state index in [0.29, 0.717) is 0 Å². The molecule has 14 heavy (non-hydrogen) atoms. The van der Waals surface area contributed by atoms with Gasteiger partial charge in [0.25, 0.3) is 0 Å². The van der Waals surface area contributed by atoms with Gasteiger partial charge in [0, 0.05) is 13.0 Å². The zero-order valence-corrected chi connectivity index (χ0v) is 8.23. The van der Waals surface area contributed by atoms with Gasteiger partial charge >= 0.3 is 6.18 Å². The lowest BCUT2D eigenvalue weighted by atomic mass is 10.4. The lowest BCUT2D eigenvalue weighted by Crippen LogP contribution is -2.50. The second-order valence-corrected chi connectivity index (χ2v) is 2.80. The molecule has 3 N–H and O–H groups in total. The molecule has 0 saturated heterocycles. The largest absolute Gasteiger partial charge is 0.542 e. The number of hydrogen-bond donors (Lipinski definition) is 1. The summed E-state index contributed by atoms with van der Waals surface area (Å²) in [6.45, 7) is 2.22. The molecule has 0 rings (SSSR count). The van der Waals surface area contributed by atoms with Crippen molar-refractivity contribution in [2.45, 2.75) is 12.6 Å². The molecule has 0 saturated carbocycles. The summed E-state index contributed by atoms with van der Waals surface area (Å²) in [6, 6.07) is 0. The van der Waals surface area contributed by atoms with Gasteiger partial charge in [-0.05, 0) is 14.1 Å². The van der Waals surface area contributed by atoms with Crippen LogP contribution in [0.15, 0.2) is 0 Å². The molecule has 0 unspecified atom stereocenters. The molecule has 0 aromatic carbocycles. The van der Waals surface area contributed by atoms with Crippen LogP contribution in [0.25, 0.3) is 0 Å². The molecule has 0 radical (unpaired) electrons. The van der Waals surface area contributed by atoms with Gasteiger partial charge < -0.3 is 20.5 Å². The summed E-state index contributed by atoms with van der Waals surface area (Å²) in [5.74, 6) is -3.01. The highest BCUT2D eigenvalue weighted by atomic mass is 19.4. The van der Waals surface area contributed by atoms with Crippen LogP contribution in [-0.4, -0.2) is 44.2 Å². The van der Waals surface area contributed by atoms with Crippen molar-refractivity contribution in [1.82, 2.24) is 4.90 Å². The fraction of sp³-hybridized carbons (Fsp3) is 0.857. The van der Waals surface area contributed by atoms with E-state index in [4.69, 9.17) is 9.90 Å². The number of aliphatic carboxylic acids is 1. The number of quaternary nitrogens is 1. The van der Waals surface area contributed by atoms with E-state index in [9.17, 15) is 13.2 Å². The number of nitrogens with zero attached hydrogens (tertiary/aromatic N) is 1. The third-order valence-electron chi connectivity index (χ3n) is 1.09. The SMILES string of the molecule is CN(C)CCC[NH3+].O=C([O-])C(F)(F)F. The van der Waals surface area contributed by atoms with Crippen LogP contribution >= 0.6 is 0 Å². The van der Waals surface area contributed by atoms with Crippen LogP contribution in [0, 0.1) is 0 Å². The Kier molecular flexibility index (Phi) is 8.46. The number of hydrogen-bond acceptors (Lipinski definition) is 3. The summed E-state index contributed by atoms with van der Waals surface area (Å²) in [6.07, 6.45) is -3.98. The van der Waals surface area contributed by atoms with Gasteiger partial charge in [-0.1, -0.05) is 0 Å². The molecule has 0 heterocycles. The highest BCUT2D eigenvalue weighted by molar-refractivity contribution is 5.70. The highest BCUT2D eigenvalue weighted by Gasteiger charge is 2.28. The van der Waals surface area contributed by atoms with Crippen LogP contribution in [0.1, 0.15) is 6.42 Å². The van der Waals surface area contributed by atoms with Crippen molar-refractivity contribution in [2.24, 2.45) is 0 Å². The molecule has 0 aliphatic rings. The first kappa shape index (κ1) is 15.6. The molecule has 0 aliphatic carbocycles. The van der Waals surface area contributed by atoms with Gasteiger partial charge in [-0.25, -0.2) is 0 Å². The lowest BCUT2D eigenvalue weighted by molar-refractivity contribution is -0.368. The molecule has 0 fully saturated rings. The van der Waals surface area contributed by atoms with Crippen LogP contribution < -0.4 is 10.8 Å². The van der Waals surface area contributed by atoms with Crippen molar-refractivity contribution in [3.63, 3.8) is 0 Å². The quantitative estimate of drug-likeness (QED) is 0.622. The maximum atomic E-state index is 10.5. The van der Waals surface area contributed by atoms with Crippen molar-refractivity contribution in [2.75, 3.05) is 27.2 Å². The minimum absolute atomic E-state index is 1.05. The van der Waals surface area contributed by atoms with E-state index in [1.807, 2.05) is 0 Å². The second kappa shape index (κ2) is 7.57. The highest BCUT2D eigenvalue weighted by Crippen LogP contribution is 2.11. The van der Waals surface area contributed by atoms with Crippen LogP contribution in [0.3, 0.4) is 0 Å². The van der Waals surface area contributed by atoms with Crippen molar-refractivity contribution in [3.8, 4) is 0 Å². The number of carboxylic acids is 1. The molecule has 0 bridgehead atoms. The molecular formula is C7H15F3N2O2. The average Bonchev–Trinajstić information content (AvgIpc) is 2.00. The Bertz CT molecular complexity index is 160. The molecule has 0 spiro atoms. The zero-order valence-electron chi connectivity index (χ0n) is 8.23. The van der Waals surface area contributed by atoms with Gasteiger partial charge in [-0.2, -0.15) is 13.2 Å². The molecule has 0 atom stereocenters. The van der Waals surface area contributed by atoms with Gasteiger partial charge in [-0.15, -0.1) is 0 Å². The summed E-state index contributed by atoms with van der Waals surface area (Å²) in [5.41, 5.74) is 3.73. The minimum Gasteiger partial charge on any atom is -0.542 e. The van der Waals surface area contributed by atoms with E-state index in [2.05, 4.69) is 24.7 Å². The van der Waals surface area contributed by atoms with E-state index < -0.39 is 12.1 Å². The Morgan fingerprint density at radius 1 is 1.43 bits per heavy atom. The third-order valence-corrected chi connectivity index (χ3v) is 1.09. The van der Waals surface area contributed by atoms with Crippen molar-refractivity contribution < 1.29 is 28.8 Å². The standard InChI is InChI=1S/C5H14N2.C2HF3O2/c1-7(2)5-3-4-6;3-2(4,5)1(6)7/h3-6H2,1-2H3;(H,6,7). The van der Waals surface area contributed by atoms with Gasteiger partial charge in [-0.3, -0.25) is 0 Å². The fourth-order valence-corrected chi connectivity index (χ4v) is 0.428. The van der Waals surface area contributed by atoms with E-state index in [0.717, 1.165) is 6.54 Å². The Labute approximate surface area is 80.5 Å². The van der Waals surface area contributed by atoms with Gasteiger partial charge in [0.1, 0.15) is 5.97 Å². The number of alkyl halides is 3. The molecule has 4 nitrogen and oxygen atoms in total. The van der Waals surface area contributed by atoms with E-state index in [1.54, 1.807) is 0 Å². The Morgan fingerprint density at radius 2 is 1.79 bits per heavy atom. The van der Waals surface area contributed by atoms with E-state index >= 15 is 0 Å². The van der Waals surface area contributed by atoms with Gasteiger partial charge in [0.05, 0.1) is 6.54 Å². The summed E-state index contributed by atoms with van der Waals surface area (Å²) in [4.78, 5) is 11.0.